The van der Waals surface area contributed by atoms with E-state index >= 15 is 0 Å². The molecule has 0 bridgehead atoms. The van der Waals surface area contributed by atoms with Gasteiger partial charge in [-0.25, -0.2) is 17.7 Å². The van der Waals surface area contributed by atoms with Crippen molar-refractivity contribution < 1.29 is 8.42 Å². The van der Waals surface area contributed by atoms with Crippen molar-refractivity contribution in [3.05, 3.63) is 93.7 Å². The summed E-state index contributed by atoms with van der Waals surface area (Å²) in [5.74, 6) is 0.433. The fourth-order valence-electron chi connectivity index (χ4n) is 3.21. The molecule has 0 radical (unpaired) electrons. The first-order valence-electron chi connectivity index (χ1n) is 9.69. The number of thioether (sulfide) groups is 1. The molecule has 1 aromatic heterocycles. The highest BCUT2D eigenvalue weighted by Crippen LogP contribution is 2.27. The second-order valence-electron chi connectivity index (χ2n) is 7.26. The van der Waals surface area contributed by atoms with E-state index in [0.29, 0.717) is 32.5 Å². The predicted molar refractivity (Wildman–Crippen MR) is 129 cm³/mol. The highest BCUT2D eigenvalue weighted by atomic mass is 35.5. The van der Waals surface area contributed by atoms with Crippen LogP contribution < -0.4 is 5.56 Å². The van der Waals surface area contributed by atoms with Crippen LogP contribution in [0.25, 0.3) is 16.6 Å². The van der Waals surface area contributed by atoms with Gasteiger partial charge in [-0.05, 0) is 48.0 Å². The molecule has 0 atom stereocenters. The van der Waals surface area contributed by atoms with E-state index in [9.17, 15) is 13.2 Å². The van der Waals surface area contributed by atoms with E-state index in [4.69, 9.17) is 16.6 Å². The molecule has 0 saturated heterocycles. The molecule has 0 aliphatic heterocycles. The van der Waals surface area contributed by atoms with Crippen molar-refractivity contribution in [2.45, 2.75) is 15.8 Å². The number of halogens is 1. The molecule has 3 aromatic carbocycles. The Balaban J connectivity index is 1.77. The molecule has 0 unspecified atom stereocenters. The van der Waals surface area contributed by atoms with Crippen LogP contribution in [0.1, 0.15) is 5.56 Å². The van der Waals surface area contributed by atoms with E-state index in [2.05, 4.69) is 0 Å². The number of aromatic nitrogens is 2. The van der Waals surface area contributed by atoms with Crippen LogP contribution in [-0.4, -0.2) is 36.4 Å². The van der Waals surface area contributed by atoms with E-state index in [1.165, 1.54) is 30.2 Å². The normalized spacial score (nSPS) is 11.9. The maximum absolute atomic E-state index is 13.3. The third-order valence-corrected chi connectivity index (χ3v) is 7.91. The molecule has 164 valence electrons. The van der Waals surface area contributed by atoms with Crippen molar-refractivity contribution in [1.82, 2.24) is 13.9 Å². The van der Waals surface area contributed by atoms with Crippen LogP contribution in [0.2, 0.25) is 5.02 Å². The first kappa shape index (κ1) is 22.5. The average molecular weight is 486 g/mol. The zero-order valence-corrected chi connectivity index (χ0v) is 19.8. The fraction of sp³-hybridized carbons (Fsp3) is 0.130. The summed E-state index contributed by atoms with van der Waals surface area (Å²) in [5.41, 5.74) is 1.83. The van der Waals surface area contributed by atoms with Crippen LogP contribution in [0, 0.1) is 0 Å². The van der Waals surface area contributed by atoms with Gasteiger partial charge in [0.25, 0.3) is 5.56 Å². The summed E-state index contributed by atoms with van der Waals surface area (Å²) < 4.78 is 27.7. The summed E-state index contributed by atoms with van der Waals surface area (Å²) in [6.07, 6.45) is 0. The van der Waals surface area contributed by atoms with Gasteiger partial charge in [0.1, 0.15) is 0 Å². The Hall–Kier alpha value is -2.65. The largest absolute Gasteiger partial charge is 0.268 e. The lowest BCUT2D eigenvalue weighted by Gasteiger charge is -2.14. The molecule has 0 N–H and O–H groups in total. The van der Waals surface area contributed by atoms with Gasteiger partial charge in [0.15, 0.2) is 5.16 Å². The Morgan fingerprint density at radius 3 is 2.50 bits per heavy atom. The molecular weight excluding hydrogens is 466 g/mol. The van der Waals surface area contributed by atoms with Crippen molar-refractivity contribution in [2.75, 3.05) is 14.1 Å². The molecule has 0 fully saturated rings. The maximum Gasteiger partial charge on any atom is 0.266 e. The van der Waals surface area contributed by atoms with E-state index in [0.717, 1.165) is 5.56 Å². The first-order valence-corrected chi connectivity index (χ1v) is 12.5. The van der Waals surface area contributed by atoms with Crippen molar-refractivity contribution >= 4 is 44.3 Å². The second-order valence-corrected chi connectivity index (χ2v) is 10.8. The van der Waals surface area contributed by atoms with Gasteiger partial charge in [0, 0.05) is 24.9 Å². The minimum atomic E-state index is -3.54. The van der Waals surface area contributed by atoms with Gasteiger partial charge >= 0.3 is 0 Å². The second kappa shape index (κ2) is 9.07. The highest BCUT2D eigenvalue weighted by Gasteiger charge is 2.18. The van der Waals surface area contributed by atoms with Gasteiger partial charge in [-0.15, -0.1) is 0 Å². The van der Waals surface area contributed by atoms with Crippen LogP contribution in [0.4, 0.5) is 0 Å². The Morgan fingerprint density at radius 1 is 1.00 bits per heavy atom. The monoisotopic (exact) mass is 485 g/mol. The van der Waals surface area contributed by atoms with E-state index < -0.39 is 10.0 Å². The van der Waals surface area contributed by atoms with Crippen LogP contribution in [0.3, 0.4) is 0 Å². The van der Waals surface area contributed by atoms with Gasteiger partial charge in [-0.1, -0.05) is 53.7 Å². The number of fused-ring (bicyclic) bond motifs is 1. The quantitative estimate of drug-likeness (QED) is 0.295. The van der Waals surface area contributed by atoms with Gasteiger partial charge in [0.2, 0.25) is 10.0 Å². The number of benzene rings is 3. The summed E-state index contributed by atoms with van der Waals surface area (Å²) in [6, 6.07) is 21.0. The maximum atomic E-state index is 13.3. The minimum absolute atomic E-state index is 0.190. The molecular formula is C23H20ClN3O3S2. The van der Waals surface area contributed by atoms with Gasteiger partial charge in [-0.3, -0.25) is 9.36 Å². The van der Waals surface area contributed by atoms with E-state index in [-0.39, 0.29) is 10.5 Å². The molecule has 9 heteroatoms. The van der Waals surface area contributed by atoms with Crippen LogP contribution in [0.15, 0.2) is 87.6 Å². The molecule has 0 amide bonds. The Bertz CT molecular complexity index is 1470. The number of para-hydroxylation sites is 1. The SMILES string of the molecule is CN(C)S(=O)(=O)c1cccc(CSc2nc3ccccc3c(=O)n2-c2cccc(Cl)c2)c1. The van der Waals surface area contributed by atoms with Crippen LogP contribution in [0.5, 0.6) is 0 Å². The number of hydrogen-bond donors (Lipinski definition) is 0. The predicted octanol–water partition coefficient (Wildman–Crippen LogP) is 4.58. The lowest BCUT2D eigenvalue weighted by molar-refractivity contribution is 0.520. The lowest BCUT2D eigenvalue weighted by atomic mass is 10.2. The molecule has 0 aliphatic rings. The van der Waals surface area contributed by atoms with Crippen LogP contribution in [-0.2, 0) is 15.8 Å². The summed E-state index contributed by atoms with van der Waals surface area (Å²) in [5, 5.41) is 1.52. The van der Waals surface area contributed by atoms with E-state index in [1.54, 1.807) is 65.2 Å². The zero-order chi connectivity index (χ0) is 22.9. The molecule has 0 saturated carbocycles. The molecule has 32 heavy (non-hydrogen) atoms. The smallest absolute Gasteiger partial charge is 0.266 e. The highest BCUT2D eigenvalue weighted by molar-refractivity contribution is 7.98. The molecule has 0 aliphatic carbocycles. The number of sulfonamides is 1. The summed E-state index contributed by atoms with van der Waals surface area (Å²) in [4.78, 5) is 18.2. The third kappa shape index (κ3) is 4.45. The first-order chi connectivity index (χ1) is 15.3. The fourth-order valence-corrected chi connectivity index (χ4v) is 5.32. The number of rotatable bonds is 6. The third-order valence-electron chi connectivity index (χ3n) is 4.86. The lowest BCUT2D eigenvalue weighted by Crippen LogP contribution is -2.22. The molecule has 0 spiro atoms. The Labute approximate surface area is 195 Å². The van der Waals surface area contributed by atoms with Crippen molar-refractivity contribution in [3.63, 3.8) is 0 Å². The summed E-state index contributed by atoms with van der Waals surface area (Å²) in [6.45, 7) is 0. The standard InChI is InChI=1S/C23H20ClN3O3S2/c1-26(2)32(29,30)19-10-5-7-16(13-19)15-31-23-25-21-12-4-3-11-20(21)22(28)27(23)18-9-6-8-17(24)14-18/h3-14H,15H2,1-2H3. The zero-order valence-electron chi connectivity index (χ0n) is 17.4. The van der Waals surface area contributed by atoms with Crippen molar-refractivity contribution in [1.29, 1.82) is 0 Å². The number of nitrogens with zero attached hydrogens (tertiary/aromatic N) is 3. The average Bonchev–Trinajstić information content (AvgIpc) is 2.78. The van der Waals surface area contributed by atoms with Crippen LogP contribution >= 0.6 is 23.4 Å². The molecule has 1 heterocycles. The van der Waals surface area contributed by atoms with Crippen molar-refractivity contribution in [2.24, 2.45) is 0 Å². The van der Waals surface area contributed by atoms with E-state index in [1.807, 2.05) is 12.1 Å². The Morgan fingerprint density at radius 2 is 1.75 bits per heavy atom. The van der Waals surface area contributed by atoms with Gasteiger partial charge < -0.3 is 0 Å². The van der Waals surface area contributed by atoms with Gasteiger partial charge in [-0.2, -0.15) is 0 Å². The minimum Gasteiger partial charge on any atom is -0.268 e. The number of hydrogen-bond acceptors (Lipinski definition) is 5. The summed E-state index contributed by atoms with van der Waals surface area (Å²) in [7, 11) is -0.536. The van der Waals surface area contributed by atoms with Crippen molar-refractivity contribution in [3.8, 4) is 5.69 Å². The topological polar surface area (TPSA) is 72.3 Å². The van der Waals surface area contributed by atoms with Gasteiger partial charge in [0.05, 0.1) is 21.5 Å². The summed E-state index contributed by atoms with van der Waals surface area (Å²) >= 11 is 7.53. The molecule has 4 rings (SSSR count). The Kier molecular flexibility index (Phi) is 6.39. The molecule has 4 aromatic rings. The molecule has 6 nitrogen and oxygen atoms in total.